The van der Waals surface area contributed by atoms with Crippen LogP contribution in [0.5, 0.6) is 0 Å². The molecule has 2 heterocycles. The molecule has 2 rings (SSSR count). The summed E-state index contributed by atoms with van der Waals surface area (Å²) in [5, 5.41) is 10.8. The van der Waals surface area contributed by atoms with Crippen LogP contribution in [0.1, 0.15) is 17.5 Å². The lowest BCUT2D eigenvalue weighted by molar-refractivity contribution is 0.839. The van der Waals surface area contributed by atoms with Crippen LogP contribution in [0.2, 0.25) is 0 Å². The highest BCUT2D eigenvalue weighted by Gasteiger charge is 2.06. The van der Waals surface area contributed by atoms with Gasteiger partial charge in [0.15, 0.2) is 0 Å². The maximum Gasteiger partial charge on any atom is 0.140 e. The number of hydrogen-bond donors (Lipinski definition) is 0. The van der Waals surface area contributed by atoms with Crippen molar-refractivity contribution in [3.8, 4) is 6.07 Å². The van der Waals surface area contributed by atoms with Crippen LogP contribution in [0.15, 0.2) is 35.8 Å². The summed E-state index contributed by atoms with van der Waals surface area (Å²) in [4.78, 5) is 7.66. The minimum Gasteiger partial charge on any atom is -0.365 e. The number of rotatable bonds is 4. The van der Waals surface area contributed by atoms with Gasteiger partial charge in [0.2, 0.25) is 0 Å². The molecule has 0 saturated carbocycles. The second-order valence-electron chi connectivity index (χ2n) is 3.61. The molecule has 3 nitrogen and oxygen atoms in total. The summed E-state index contributed by atoms with van der Waals surface area (Å²) < 4.78 is 0. The Bertz CT molecular complexity index is 496. The van der Waals surface area contributed by atoms with Crippen LogP contribution >= 0.6 is 11.3 Å². The standard InChI is InChI=1S/C13H13N3S/c1-2-16(10-13-4-3-7-17-13)12-6-5-11(8-14)15-9-12/h3-7,9H,2,10H2,1H3. The number of nitriles is 1. The first-order chi connectivity index (χ1) is 8.33. The van der Waals surface area contributed by atoms with Gasteiger partial charge in [-0.3, -0.25) is 0 Å². The molecular formula is C13H13N3S. The summed E-state index contributed by atoms with van der Waals surface area (Å²) in [6.07, 6.45) is 1.76. The van der Waals surface area contributed by atoms with E-state index >= 15 is 0 Å². The Hall–Kier alpha value is -1.86. The Balaban J connectivity index is 2.14. The molecule has 86 valence electrons. The summed E-state index contributed by atoms with van der Waals surface area (Å²) in [5.74, 6) is 0. The maximum atomic E-state index is 8.71. The monoisotopic (exact) mass is 243 g/mol. The lowest BCUT2D eigenvalue weighted by atomic mass is 10.3. The van der Waals surface area contributed by atoms with Crippen molar-refractivity contribution >= 4 is 17.0 Å². The van der Waals surface area contributed by atoms with Gasteiger partial charge in [-0.05, 0) is 30.5 Å². The predicted octanol–water partition coefficient (Wildman–Crippen LogP) is 3.04. The SMILES string of the molecule is CCN(Cc1cccs1)c1ccc(C#N)nc1. The average Bonchev–Trinajstić information content (AvgIpc) is 2.89. The van der Waals surface area contributed by atoms with E-state index in [0.29, 0.717) is 5.69 Å². The van der Waals surface area contributed by atoms with Crippen molar-refractivity contribution in [2.24, 2.45) is 0 Å². The fourth-order valence-electron chi connectivity index (χ4n) is 1.62. The average molecular weight is 243 g/mol. The van der Waals surface area contributed by atoms with E-state index in [-0.39, 0.29) is 0 Å². The highest BCUT2D eigenvalue weighted by Crippen LogP contribution is 2.18. The number of thiophene rings is 1. The zero-order chi connectivity index (χ0) is 12.1. The number of aromatic nitrogens is 1. The lowest BCUT2D eigenvalue weighted by Crippen LogP contribution is -2.21. The molecule has 0 N–H and O–H groups in total. The molecule has 0 atom stereocenters. The Labute approximate surface area is 105 Å². The first-order valence-corrected chi connectivity index (χ1v) is 6.35. The van der Waals surface area contributed by atoms with Gasteiger partial charge < -0.3 is 4.90 Å². The molecule has 0 spiro atoms. The van der Waals surface area contributed by atoms with Crippen molar-refractivity contribution in [1.29, 1.82) is 5.26 Å². The maximum absolute atomic E-state index is 8.71. The topological polar surface area (TPSA) is 39.9 Å². The normalized spacial score (nSPS) is 9.88. The summed E-state index contributed by atoms with van der Waals surface area (Å²) in [7, 11) is 0. The van der Waals surface area contributed by atoms with Gasteiger partial charge in [0.1, 0.15) is 11.8 Å². The van der Waals surface area contributed by atoms with Crippen LogP contribution in [-0.4, -0.2) is 11.5 Å². The zero-order valence-electron chi connectivity index (χ0n) is 9.63. The number of anilines is 1. The third-order valence-electron chi connectivity index (χ3n) is 2.54. The van der Waals surface area contributed by atoms with Gasteiger partial charge in [-0.1, -0.05) is 6.07 Å². The molecule has 0 saturated heterocycles. The van der Waals surface area contributed by atoms with Crippen LogP contribution < -0.4 is 4.90 Å². The van der Waals surface area contributed by atoms with Gasteiger partial charge in [0, 0.05) is 11.4 Å². The van der Waals surface area contributed by atoms with Crippen molar-refractivity contribution in [1.82, 2.24) is 4.98 Å². The van der Waals surface area contributed by atoms with Crippen LogP contribution in [-0.2, 0) is 6.54 Å². The van der Waals surface area contributed by atoms with E-state index in [4.69, 9.17) is 5.26 Å². The van der Waals surface area contributed by atoms with Crippen molar-refractivity contribution in [2.75, 3.05) is 11.4 Å². The quantitative estimate of drug-likeness (QED) is 0.828. The third-order valence-corrected chi connectivity index (χ3v) is 3.40. The van der Waals surface area contributed by atoms with E-state index in [0.717, 1.165) is 18.8 Å². The smallest absolute Gasteiger partial charge is 0.140 e. The second-order valence-corrected chi connectivity index (χ2v) is 4.64. The molecule has 0 aliphatic heterocycles. The van der Waals surface area contributed by atoms with Crippen molar-refractivity contribution in [2.45, 2.75) is 13.5 Å². The molecule has 0 radical (unpaired) electrons. The summed E-state index contributed by atoms with van der Waals surface area (Å²) in [6, 6.07) is 9.92. The highest BCUT2D eigenvalue weighted by atomic mass is 32.1. The number of nitrogens with zero attached hydrogens (tertiary/aromatic N) is 3. The molecule has 2 aromatic heterocycles. The van der Waals surface area contributed by atoms with Crippen LogP contribution in [0.4, 0.5) is 5.69 Å². The molecule has 4 heteroatoms. The molecular weight excluding hydrogens is 230 g/mol. The number of hydrogen-bond acceptors (Lipinski definition) is 4. The van der Waals surface area contributed by atoms with Crippen molar-refractivity contribution in [3.05, 3.63) is 46.4 Å². The first kappa shape index (κ1) is 11.6. The van der Waals surface area contributed by atoms with Crippen molar-refractivity contribution < 1.29 is 0 Å². The molecule has 0 bridgehead atoms. The minimum atomic E-state index is 0.459. The highest BCUT2D eigenvalue weighted by molar-refractivity contribution is 7.09. The molecule has 0 aliphatic rings. The van der Waals surface area contributed by atoms with Crippen molar-refractivity contribution in [3.63, 3.8) is 0 Å². The van der Waals surface area contributed by atoms with E-state index in [1.807, 2.05) is 12.1 Å². The van der Waals surface area contributed by atoms with E-state index in [9.17, 15) is 0 Å². The Morgan fingerprint density at radius 1 is 1.41 bits per heavy atom. The van der Waals surface area contributed by atoms with E-state index in [1.54, 1.807) is 23.6 Å². The Morgan fingerprint density at radius 2 is 2.29 bits per heavy atom. The van der Waals surface area contributed by atoms with Gasteiger partial charge in [-0.25, -0.2) is 4.98 Å². The Morgan fingerprint density at radius 3 is 2.82 bits per heavy atom. The molecule has 0 amide bonds. The fourth-order valence-corrected chi connectivity index (χ4v) is 2.34. The lowest BCUT2D eigenvalue weighted by Gasteiger charge is -2.21. The summed E-state index contributed by atoms with van der Waals surface area (Å²) >= 11 is 1.75. The third kappa shape index (κ3) is 2.83. The molecule has 0 fully saturated rings. The molecule has 0 aliphatic carbocycles. The fraction of sp³-hybridized carbons (Fsp3) is 0.231. The summed E-state index contributed by atoms with van der Waals surface area (Å²) in [6.45, 7) is 3.93. The largest absolute Gasteiger partial charge is 0.365 e. The minimum absolute atomic E-state index is 0.459. The van der Waals surface area contributed by atoms with E-state index in [1.165, 1.54) is 4.88 Å². The molecule has 0 unspecified atom stereocenters. The molecule has 2 aromatic rings. The van der Waals surface area contributed by atoms with Gasteiger partial charge in [-0.15, -0.1) is 11.3 Å². The summed E-state index contributed by atoms with van der Waals surface area (Å²) in [5.41, 5.74) is 1.51. The van der Waals surface area contributed by atoms with Gasteiger partial charge in [-0.2, -0.15) is 5.26 Å². The zero-order valence-corrected chi connectivity index (χ0v) is 10.4. The van der Waals surface area contributed by atoms with E-state index < -0.39 is 0 Å². The van der Waals surface area contributed by atoms with Crippen LogP contribution in [0.3, 0.4) is 0 Å². The Kier molecular flexibility index (Phi) is 3.73. The van der Waals surface area contributed by atoms with E-state index in [2.05, 4.69) is 34.3 Å². The first-order valence-electron chi connectivity index (χ1n) is 5.47. The molecule has 0 aromatic carbocycles. The second kappa shape index (κ2) is 5.46. The predicted molar refractivity (Wildman–Crippen MR) is 70.0 cm³/mol. The van der Waals surface area contributed by atoms with Gasteiger partial charge >= 0.3 is 0 Å². The van der Waals surface area contributed by atoms with Crippen LogP contribution in [0.25, 0.3) is 0 Å². The van der Waals surface area contributed by atoms with Gasteiger partial charge in [0.05, 0.1) is 18.4 Å². The molecule has 17 heavy (non-hydrogen) atoms. The van der Waals surface area contributed by atoms with Gasteiger partial charge in [0.25, 0.3) is 0 Å². The number of pyridine rings is 1. The van der Waals surface area contributed by atoms with Crippen LogP contribution in [0, 0.1) is 11.3 Å².